The number of nitrogens with zero attached hydrogens (tertiary/aromatic N) is 2. The quantitative estimate of drug-likeness (QED) is 0.802. The highest BCUT2D eigenvalue weighted by molar-refractivity contribution is 7.84. The predicted octanol–water partition coefficient (Wildman–Crippen LogP) is 2.29. The summed E-state index contributed by atoms with van der Waals surface area (Å²) in [4.78, 5) is 4.17. The van der Waals surface area contributed by atoms with Crippen molar-refractivity contribution in [3.8, 4) is 0 Å². The van der Waals surface area contributed by atoms with Crippen LogP contribution in [0.15, 0.2) is 18.2 Å². The van der Waals surface area contributed by atoms with Crippen molar-refractivity contribution < 1.29 is 8.60 Å². The summed E-state index contributed by atoms with van der Waals surface area (Å²) in [5.41, 5.74) is 1.02. The fraction of sp³-hybridized carbons (Fsp3) is 0.364. The molecule has 0 aliphatic heterocycles. The molecule has 1 aromatic heterocycles. The molecule has 2 aromatic rings. The van der Waals surface area contributed by atoms with Gasteiger partial charge in [0.25, 0.3) is 0 Å². The van der Waals surface area contributed by atoms with Crippen molar-refractivity contribution >= 4 is 33.4 Å². The molecule has 0 saturated heterocycles. The van der Waals surface area contributed by atoms with E-state index in [0.29, 0.717) is 29.2 Å². The second-order valence-electron chi connectivity index (χ2n) is 3.70. The molecule has 0 aliphatic rings. The average Bonchev–Trinajstić information content (AvgIpc) is 2.66. The summed E-state index contributed by atoms with van der Waals surface area (Å²) in [6.07, 6.45) is 1.64. The second kappa shape index (κ2) is 5.14. The average molecular weight is 275 g/mol. The van der Waals surface area contributed by atoms with Crippen LogP contribution in [0.25, 0.3) is 11.0 Å². The van der Waals surface area contributed by atoms with Crippen LogP contribution >= 0.6 is 11.6 Å². The Kier molecular flexibility index (Phi) is 3.79. The summed E-state index contributed by atoms with van der Waals surface area (Å²) < 4.78 is 26.5. The van der Waals surface area contributed by atoms with E-state index in [2.05, 4.69) is 4.98 Å². The number of aryl methyl sites for hydroxylation is 1. The molecule has 17 heavy (non-hydrogen) atoms. The number of para-hydroxylation sites is 1. The van der Waals surface area contributed by atoms with Crippen LogP contribution in [-0.4, -0.2) is 25.8 Å². The molecule has 92 valence electrons. The van der Waals surface area contributed by atoms with E-state index < -0.39 is 10.8 Å². The largest absolute Gasteiger partial charge is 0.326 e. The first-order valence-electron chi connectivity index (χ1n) is 5.13. The molecule has 0 aliphatic carbocycles. The summed E-state index contributed by atoms with van der Waals surface area (Å²) in [7, 11) is -0.894. The third-order valence-corrected chi connectivity index (χ3v) is 3.53. The van der Waals surface area contributed by atoms with E-state index in [1.807, 2.05) is 4.57 Å². The van der Waals surface area contributed by atoms with E-state index in [4.69, 9.17) is 11.6 Å². The number of benzene rings is 1. The fourth-order valence-electron chi connectivity index (χ4n) is 1.73. The lowest BCUT2D eigenvalue weighted by Gasteiger charge is -2.05. The van der Waals surface area contributed by atoms with Crippen molar-refractivity contribution in [1.82, 2.24) is 9.55 Å². The smallest absolute Gasteiger partial charge is 0.151 e. The summed E-state index contributed by atoms with van der Waals surface area (Å²) in [6.45, 7) is 0.533. The first kappa shape index (κ1) is 12.5. The molecule has 1 aromatic carbocycles. The molecule has 0 fully saturated rings. The van der Waals surface area contributed by atoms with Gasteiger partial charge in [0, 0.05) is 29.4 Å². The van der Waals surface area contributed by atoms with Crippen LogP contribution in [0, 0.1) is 5.82 Å². The van der Waals surface area contributed by atoms with Crippen molar-refractivity contribution in [3.05, 3.63) is 29.8 Å². The van der Waals surface area contributed by atoms with Crippen molar-refractivity contribution in [2.75, 3.05) is 12.0 Å². The summed E-state index contributed by atoms with van der Waals surface area (Å²) in [5.74, 6) is 0.971. The molecular formula is C11H12ClFN2OS. The van der Waals surface area contributed by atoms with Gasteiger partial charge in [-0.3, -0.25) is 4.21 Å². The number of fused-ring (bicyclic) bond motifs is 1. The van der Waals surface area contributed by atoms with Gasteiger partial charge in [0.15, 0.2) is 5.82 Å². The standard InChI is InChI=1S/C11H12ClFN2OS/c1-17(16)6-5-15-9-4-2-3-8(13)11(9)14-10(15)7-12/h2-4H,5-7H2,1H3. The molecule has 0 amide bonds. The van der Waals surface area contributed by atoms with E-state index in [0.717, 1.165) is 0 Å². The maximum atomic E-state index is 13.5. The van der Waals surface area contributed by atoms with Crippen LogP contribution in [0.2, 0.25) is 0 Å². The van der Waals surface area contributed by atoms with Gasteiger partial charge in [-0.1, -0.05) is 6.07 Å². The molecule has 6 heteroatoms. The van der Waals surface area contributed by atoms with E-state index in [9.17, 15) is 8.60 Å². The van der Waals surface area contributed by atoms with Gasteiger partial charge in [0.2, 0.25) is 0 Å². The van der Waals surface area contributed by atoms with Gasteiger partial charge in [0.1, 0.15) is 11.3 Å². The highest BCUT2D eigenvalue weighted by Crippen LogP contribution is 2.20. The van der Waals surface area contributed by atoms with Crippen LogP contribution in [0.4, 0.5) is 4.39 Å². The van der Waals surface area contributed by atoms with Crippen LogP contribution in [-0.2, 0) is 23.2 Å². The molecule has 1 atom stereocenters. The number of hydrogen-bond donors (Lipinski definition) is 0. The number of hydrogen-bond acceptors (Lipinski definition) is 2. The number of aromatic nitrogens is 2. The third-order valence-electron chi connectivity index (χ3n) is 2.53. The van der Waals surface area contributed by atoms with E-state index in [1.165, 1.54) is 6.07 Å². The van der Waals surface area contributed by atoms with Crippen molar-refractivity contribution in [3.63, 3.8) is 0 Å². The van der Waals surface area contributed by atoms with Gasteiger partial charge in [-0.05, 0) is 12.1 Å². The second-order valence-corrected chi connectivity index (χ2v) is 5.52. The molecule has 0 N–H and O–H groups in total. The number of halogens is 2. The van der Waals surface area contributed by atoms with Gasteiger partial charge in [0.05, 0.1) is 11.4 Å². The van der Waals surface area contributed by atoms with Crippen LogP contribution in [0.5, 0.6) is 0 Å². The fourth-order valence-corrected chi connectivity index (χ4v) is 2.38. The zero-order valence-corrected chi connectivity index (χ0v) is 10.9. The molecule has 0 spiro atoms. The molecule has 2 rings (SSSR count). The molecule has 1 heterocycles. The van der Waals surface area contributed by atoms with Crippen molar-refractivity contribution in [2.24, 2.45) is 0 Å². The molecule has 0 radical (unpaired) electrons. The van der Waals surface area contributed by atoms with E-state index in [-0.39, 0.29) is 11.7 Å². The Bertz CT molecular complexity index is 570. The van der Waals surface area contributed by atoms with Crippen molar-refractivity contribution in [1.29, 1.82) is 0 Å². The van der Waals surface area contributed by atoms with E-state index in [1.54, 1.807) is 18.4 Å². The highest BCUT2D eigenvalue weighted by Gasteiger charge is 2.12. The minimum Gasteiger partial charge on any atom is -0.326 e. The number of imidazole rings is 1. The molecule has 0 saturated carbocycles. The zero-order valence-electron chi connectivity index (χ0n) is 9.32. The first-order chi connectivity index (χ1) is 8.13. The van der Waals surface area contributed by atoms with Crippen LogP contribution in [0.1, 0.15) is 5.82 Å². The highest BCUT2D eigenvalue weighted by atomic mass is 35.5. The minimum absolute atomic E-state index is 0.213. The van der Waals surface area contributed by atoms with Gasteiger partial charge in [-0.25, -0.2) is 9.37 Å². The van der Waals surface area contributed by atoms with Gasteiger partial charge < -0.3 is 4.57 Å². The van der Waals surface area contributed by atoms with Gasteiger partial charge in [-0.15, -0.1) is 11.6 Å². The Hall–Kier alpha value is -0.940. The maximum absolute atomic E-state index is 13.5. The first-order valence-corrected chi connectivity index (χ1v) is 7.39. The monoisotopic (exact) mass is 274 g/mol. The van der Waals surface area contributed by atoms with E-state index >= 15 is 0 Å². The molecular weight excluding hydrogens is 263 g/mol. The van der Waals surface area contributed by atoms with Crippen LogP contribution < -0.4 is 0 Å². The SMILES string of the molecule is CS(=O)CCn1c(CCl)nc2c(F)cccc21. The lowest BCUT2D eigenvalue weighted by molar-refractivity contribution is 0.637. The topological polar surface area (TPSA) is 34.9 Å². The van der Waals surface area contributed by atoms with Gasteiger partial charge in [-0.2, -0.15) is 0 Å². The molecule has 1 unspecified atom stereocenters. The summed E-state index contributed by atoms with van der Waals surface area (Å²) in [6, 6.07) is 4.80. The summed E-state index contributed by atoms with van der Waals surface area (Å²) in [5, 5.41) is 0. The Labute approximate surface area is 106 Å². The maximum Gasteiger partial charge on any atom is 0.151 e. The lowest BCUT2D eigenvalue weighted by atomic mass is 10.3. The summed E-state index contributed by atoms with van der Waals surface area (Å²) >= 11 is 5.79. The molecule has 0 bridgehead atoms. The normalized spacial score (nSPS) is 13.1. The molecule has 3 nitrogen and oxygen atoms in total. The zero-order chi connectivity index (χ0) is 12.4. The number of rotatable bonds is 4. The van der Waals surface area contributed by atoms with Crippen LogP contribution in [0.3, 0.4) is 0 Å². The Morgan fingerprint density at radius 1 is 1.53 bits per heavy atom. The van der Waals surface area contributed by atoms with Gasteiger partial charge >= 0.3 is 0 Å². The lowest BCUT2D eigenvalue weighted by Crippen LogP contribution is -2.09. The van der Waals surface area contributed by atoms with Crippen molar-refractivity contribution in [2.45, 2.75) is 12.4 Å². The number of alkyl halides is 1. The Morgan fingerprint density at radius 3 is 2.94 bits per heavy atom. The Balaban J connectivity index is 2.51. The Morgan fingerprint density at radius 2 is 2.29 bits per heavy atom. The minimum atomic E-state index is -0.894. The predicted molar refractivity (Wildman–Crippen MR) is 68.2 cm³/mol. The third kappa shape index (κ3) is 2.50.